The summed E-state index contributed by atoms with van der Waals surface area (Å²) in [4.78, 5) is 82.9. The van der Waals surface area contributed by atoms with Crippen LogP contribution in [0, 0.1) is 35.4 Å². The third kappa shape index (κ3) is 19.9. The van der Waals surface area contributed by atoms with Crippen LogP contribution >= 0.6 is 34.7 Å². The number of hydrogen-bond acceptors (Lipinski definition) is 17. The van der Waals surface area contributed by atoms with Crippen LogP contribution in [-0.2, 0) is 39.0 Å². The molecule has 5 N–H and O–H groups in total. The lowest BCUT2D eigenvalue weighted by atomic mass is 9.78. The Balaban J connectivity index is 0.595. The summed E-state index contributed by atoms with van der Waals surface area (Å²) in [6, 6.07) is 27.7. The second-order valence-electron chi connectivity index (χ2n) is 31.4. The zero-order valence-corrected chi connectivity index (χ0v) is 66.1. The van der Waals surface area contributed by atoms with E-state index in [1.54, 1.807) is 41.1 Å². The zero-order valence-electron chi connectivity index (χ0n) is 62.1. The highest BCUT2D eigenvalue weighted by molar-refractivity contribution is 7.99. The SMILES string of the molecule is Cc1ncsc1-c1ccc([C@H](C)NC(=O)C2CC(O)CN2C(=O)[C@@H](NC(=O)CCCCCCC(=O)N2CC3CN(CC[C@H](CSc4ccccc4)Nc4ccc(S(=O)(=O)NC(=O)c5ccc(N6CCN(CC7=C(c8ccc(Cl)cc8F)CCC8(CC8)C7)CC6)cc5)cc4S(=O)(=O)C(F)(F)F)CC3C2)C(C)(C)C)cc1. The van der Waals surface area contributed by atoms with Crippen LogP contribution in [0.3, 0.4) is 0 Å². The lowest BCUT2D eigenvalue weighted by Gasteiger charge is -2.38. The van der Waals surface area contributed by atoms with Gasteiger partial charge in [0.05, 0.1) is 38.8 Å². The van der Waals surface area contributed by atoms with Crippen molar-refractivity contribution >= 4 is 101 Å². The number of alkyl halides is 3. The van der Waals surface area contributed by atoms with E-state index >= 15 is 4.39 Å². The maximum absolute atomic E-state index is 15.2. The Hall–Kier alpha value is -7.44. The van der Waals surface area contributed by atoms with Gasteiger partial charge < -0.3 is 40.7 Å². The average Bonchev–Trinajstić information content (AvgIpc) is 1.62. The summed E-state index contributed by atoms with van der Waals surface area (Å²) in [7, 11) is -11.1. The molecule has 1 saturated carbocycles. The van der Waals surface area contributed by atoms with E-state index in [9.17, 15) is 59.1 Å². The van der Waals surface area contributed by atoms with Crippen molar-refractivity contribution in [1.29, 1.82) is 0 Å². The van der Waals surface area contributed by atoms with Crippen LogP contribution in [-0.4, -0.2) is 184 Å². The molecule has 5 fully saturated rings. The summed E-state index contributed by atoms with van der Waals surface area (Å²) in [5.41, 5.74) is 1.58. The molecule has 109 heavy (non-hydrogen) atoms. The molecule has 2 aliphatic carbocycles. The third-order valence-electron chi connectivity index (χ3n) is 22.4. The predicted molar refractivity (Wildman–Crippen MR) is 417 cm³/mol. The summed E-state index contributed by atoms with van der Waals surface area (Å²) >= 11 is 9.07. The lowest BCUT2D eigenvalue weighted by Crippen LogP contribution is -2.57. The van der Waals surface area contributed by atoms with E-state index in [0.29, 0.717) is 106 Å². The van der Waals surface area contributed by atoms with Gasteiger partial charge in [0.25, 0.3) is 25.8 Å². The molecule has 0 radical (unpaired) electrons. The Morgan fingerprint density at radius 2 is 1.48 bits per heavy atom. The number of β-amino-alcohol motifs (C(OH)–C–C–N with tert-alkyl or cyclic N) is 1. The second-order valence-corrected chi connectivity index (χ2v) is 37.3. The number of nitrogens with one attached hydrogen (secondary N) is 4. The minimum atomic E-state index is -6.18. The van der Waals surface area contributed by atoms with Gasteiger partial charge in [-0.05, 0) is 171 Å². The number of nitrogens with zero attached hydrogens (tertiary/aromatic N) is 6. The van der Waals surface area contributed by atoms with E-state index in [0.717, 1.165) is 88.9 Å². The van der Waals surface area contributed by atoms with E-state index in [1.807, 2.05) is 98.8 Å². The topological polar surface area (TPSA) is 251 Å². The van der Waals surface area contributed by atoms with Crippen molar-refractivity contribution in [1.82, 2.24) is 39.9 Å². The average molecular weight is 1600 g/mol. The summed E-state index contributed by atoms with van der Waals surface area (Å²) in [5, 5.41) is 20.1. The third-order valence-corrected chi connectivity index (χ3v) is 27.6. The maximum Gasteiger partial charge on any atom is 0.501 e. The van der Waals surface area contributed by atoms with Crippen LogP contribution < -0.4 is 25.6 Å². The summed E-state index contributed by atoms with van der Waals surface area (Å²) in [6.07, 6.45) is 7.65. The van der Waals surface area contributed by atoms with Crippen molar-refractivity contribution in [2.45, 2.75) is 169 Å². The molecule has 4 saturated heterocycles. The number of piperazine rings is 1. The van der Waals surface area contributed by atoms with Crippen molar-refractivity contribution in [2.75, 3.05) is 88.0 Å². The molecule has 4 unspecified atom stereocenters. The molecule has 7 atom stereocenters. The van der Waals surface area contributed by atoms with Gasteiger partial charge in [-0.25, -0.2) is 30.9 Å². The molecule has 5 heterocycles. The number of anilines is 2. The number of unbranched alkanes of at least 4 members (excludes halogenated alkanes) is 3. The molecule has 29 heteroatoms. The molecule has 6 aromatic rings. The van der Waals surface area contributed by atoms with Gasteiger partial charge in [-0.3, -0.25) is 28.9 Å². The zero-order chi connectivity index (χ0) is 77.7. The van der Waals surface area contributed by atoms with Gasteiger partial charge in [0.2, 0.25) is 23.6 Å². The molecule has 1 aromatic heterocycles. The minimum Gasteiger partial charge on any atom is -0.391 e. The number of hydrogen-bond donors (Lipinski definition) is 5. The molecule has 5 amide bonds. The number of rotatable bonds is 29. The van der Waals surface area contributed by atoms with Crippen molar-refractivity contribution in [3.8, 4) is 10.4 Å². The van der Waals surface area contributed by atoms with Gasteiger partial charge >= 0.3 is 5.51 Å². The van der Waals surface area contributed by atoms with Gasteiger partial charge in [0.1, 0.15) is 22.8 Å². The fourth-order valence-electron chi connectivity index (χ4n) is 15.9. The van der Waals surface area contributed by atoms with Crippen molar-refractivity contribution in [3.63, 3.8) is 0 Å². The highest BCUT2D eigenvalue weighted by Crippen LogP contribution is 2.59. The van der Waals surface area contributed by atoms with Crippen molar-refractivity contribution in [3.05, 3.63) is 160 Å². The van der Waals surface area contributed by atoms with E-state index < -0.39 is 88.2 Å². The Morgan fingerprint density at radius 1 is 0.789 bits per heavy atom. The Bertz CT molecular complexity index is 4540. The van der Waals surface area contributed by atoms with Gasteiger partial charge in [0, 0.05) is 130 Å². The number of aliphatic hydroxyl groups excluding tert-OH is 1. The number of aryl methyl sites for hydroxylation is 1. The minimum absolute atomic E-state index is 0.0383. The van der Waals surface area contributed by atoms with Crippen molar-refractivity contribution < 1.29 is 63.5 Å². The first-order chi connectivity index (χ1) is 51.8. The van der Waals surface area contributed by atoms with E-state index in [-0.39, 0.29) is 66.2 Å². The molecule has 0 bridgehead atoms. The van der Waals surface area contributed by atoms with Crippen LogP contribution in [0.5, 0.6) is 0 Å². The van der Waals surface area contributed by atoms with Crippen molar-refractivity contribution in [2.24, 2.45) is 22.7 Å². The Kier molecular flexibility index (Phi) is 25.5. The molecule has 586 valence electrons. The highest BCUT2D eigenvalue weighted by atomic mass is 35.5. The first-order valence-electron chi connectivity index (χ1n) is 37.6. The predicted octanol–water partition coefficient (Wildman–Crippen LogP) is 12.9. The Labute approximate surface area is 649 Å². The maximum atomic E-state index is 15.2. The number of carbonyl (C=O) groups excluding carboxylic acids is 5. The van der Waals surface area contributed by atoms with Crippen LogP contribution in [0.25, 0.3) is 16.0 Å². The van der Waals surface area contributed by atoms with Crippen LogP contribution in [0.4, 0.5) is 28.9 Å². The van der Waals surface area contributed by atoms with Crippen LogP contribution in [0.1, 0.15) is 144 Å². The molecule has 12 rings (SSSR count). The number of benzene rings is 5. The van der Waals surface area contributed by atoms with E-state index in [2.05, 4.69) is 35.6 Å². The summed E-state index contributed by atoms with van der Waals surface area (Å²) in [6.45, 7) is 15.6. The number of carbonyl (C=O) groups is 5. The molecule has 5 aromatic carbocycles. The van der Waals surface area contributed by atoms with Gasteiger partial charge in [0.15, 0.2) is 0 Å². The first kappa shape index (κ1) is 81.1. The van der Waals surface area contributed by atoms with Crippen LogP contribution in [0.15, 0.2) is 141 Å². The van der Waals surface area contributed by atoms with Gasteiger partial charge in [-0.15, -0.1) is 23.1 Å². The molecule has 4 aliphatic heterocycles. The lowest BCUT2D eigenvalue weighted by molar-refractivity contribution is -0.144. The number of amides is 5. The number of halogens is 5. The number of aromatic nitrogens is 1. The Morgan fingerprint density at radius 3 is 2.12 bits per heavy atom. The number of allylic oxidation sites excluding steroid dienone is 1. The molecule has 20 nitrogen and oxygen atoms in total. The fraction of sp³-hybridized carbons (Fsp3) is 0.500. The molecular weight excluding hydrogens is 1500 g/mol. The number of likely N-dealkylation sites (tertiary alicyclic amines) is 3. The number of thiazole rings is 1. The summed E-state index contributed by atoms with van der Waals surface area (Å²) in [5.74, 6) is -1.88. The molecular formula is C80H97ClF4N10O10S4. The normalized spacial score (nSPS) is 20.6. The standard InChI is InChI=1S/C80H97ClF4N10O10S4/c1-51(53-17-19-54(20-18-53)73-52(2)86-50-107-73)87-76(100)69-40-62(96)48-95(69)77(101)74(78(3,4)5)89-71(97)15-11-6-7-12-16-72(98)94-46-57-44-92(45-58(57)47-94)34-30-60(49-106-63-13-9-8-10-14-63)88-68-28-26-64(41-70(68)108(102,103)80(83,84)85)109(104,105)90-75(99)55-21-24-61(25-22-55)93-37-35-91(36-38-93)43-56-42-79(32-33-79)31-29-65(56)66-27-23-59(81)39-67(66)82/h8-10,13-14,17-28,39,41,50-51,57-58,60,62,69,74,88,96H,6-7,11-12,15-16,29-38,40,42-49H2,1-5H3,(H,87,100)(H,89,97)(H,90,99)/t51-,57?,58?,60+,62?,69?,74+/m0/s1. The van der Waals surface area contributed by atoms with E-state index in [4.69, 9.17) is 11.6 Å². The molecule has 1 spiro atoms. The fourth-order valence-corrected chi connectivity index (χ4v) is 19.9. The molecule has 6 aliphatic rings. The van der Waals surface area contributed by atoms with Gasteiger partial charge in [-0.1, -0.05) is 99.3 Å². The number of fused-ring (bicyclic) bond motifs is 1. The monoisotopic (exact) mass is 1600 g/mol. The quantitative estimate of drug-likeness (QED) is 0.0166. The van der Waals surface area contributed by atoms with Crippen LogP contribution in [0.2, 0.25) is 5.02 Å². The summed E-state index contributed by atoms with van der Waals surface area (Å²) < 4.78 is 116. The second kappa shape index (κ2) is 34.3. The number of sulfone groups is 1. The van der Waals surface area contributed by atoms with E-state index in [1.165, 1.54) is 53.3 Å². The number of thioether (sulfide) groups is 1. The highest BCUT2D eigenvalue weighted by Gasteiger charge is 2.50. The van der Waals surface area contributed by atoms with Gasteiger partial charge in [-0.2, -0.15) is 13.2 Å². The number of aliphatic hydroxyl groups is 1. The largest absolute Gasteiger partial charge is 0.501 e. The number of sulfonamides is 1. The smallest absolute Gasteiger partial charge is 0.391 e. The first-order valence-corrected chi connectivity index (χ1v) is 42.8.